The van der Waals surface area contributed by atoms with E-state index in [2.05, 4.69) is 31.7 Å². The lowest BCUT2D eigenvalue weighted by atomic mass is 9.95. The molecular formula is C30H41ClF4N6O2. The number of methoxy groups -OCH3 is 1. The van der Waals surface area contributed by atoms with E-state index >= 15 is 0 Å². The molecule has 0 aliphatic carbocycles. The van der Waals surface area contributed by atoms with Gasteiger partial charge in [0.25, 0.3) is 0 Å². The van der Waals surface area contributed by atoms with Crippen molar-refractivity contribution in [3.63, 3.8) is 0 Å². The maximum atomic E-state index is 13.7. The normalized spacial score (nSPS) is 24.4. The molecule has 3 fully saturated rings. The standard InChI is InChI=1S/C20H23ClF3N5O2.C8H12FN.C2H6/c1-10-4-3-5-29(8-10)18-12-9-31-14(7-13(12)26-19(28-18)30-2)11-6-15(25)27-17(21)16(11)20(22,23)24;9-5-7-4-8-2-1-3-10(8)6-7;1-2/h6,10,14H,3-5,7-9H2,1-2H3,(H2,25,27);5,8H,1-4,6H2;1-2H3/b;7-5-;. The molecule has 6 heterocycles. The summed E-state index contributed by atoms with van der Waals surface area (Å²) in [5.41, 5.74) is 6.85. The number of nitrogens with two attached hydrogens (primary N) is 1. The fraction of sp³-hybridized carbons (Fsp3) is 0.633. The number of halogens is 5. The van der Waals surface area contributed by atoms with Crippen LogP contribution in [0.3, 0.4) is 0 Å². The molecule has 0 spiro atoms. The summed E-state index contributed by atoms with van der Waals surface area (Å²) >= 11 is 5.81. The zero-order valence-corrected chi connectivity index (χ0v) is 25.9. The van der Waals surface area contributed by atoms with Gasteiger partial charge in [-0.05, 0) is 56.2 Å². The van der Waals surface area contributed by atoms with Crippen molar-refractivity contribution in [3.8, 4) is 6.01 Å². The molecule has 43 heavy (non-hydrogen) atoms. The van der Waals surface area contributed by atoms with Crippen molar-refractivity contribution in [1.82, 2.24) is 19.9 Å². The summed E-state index contributed by atoms with van der Waals surface area (Å²) in [7, 11) is 1.46. The smallest absolute Gasteiger partial charge is 0.419 e. The minimum absolute atomic E-state index is 0.0708. The maximum absolute atomic E-state index is 13.7. The summed E-state index contributed by atoms with van der Waals surface area (Å²) < 4.78 is 64.2. The highest BCUT2D eigenvalue weighted by molar-refractivity contribution is 6.30. The number of anilines is 2. The van der Waals surface area contributed by atoms with E-state index in [1.54, 1.807) is 0 Å². The maximum Gasteiger partial charge on any atom is 0.419 e. The van der Waals surface area contributed by atoms with Crippen LogP contribution in [0.4, 0.5) is 29.2 Å². The molecule has 238 valence electrons. The third-order valence-electron chi connectivity index (χ3n) is 8.21. The highest BCUT2D eigenvalue weighted by Gasteiger charge is 2.41. The molecule has 6 rings (SSSR count). The molecule has 0 saturated carbocycles. The third-order valence-corrected chi connectivity index (χ3v) is 8.48. The van der Waals surface area contributed by atoms with Gasteiger partial charge < -0.3 is 20.1 Å². The molecule has 0 radical (unpaired) electrons. The Labute approximate surface area is 255 Å². The van der Waals surface area contributed by atoms with E-state index in [1.807, 2.05) is 13.8 Å². The van der Waals surface area contributed by atoms with Crippen LogP contribution in [-0.2, 0) is 23.9 Å². The second kappa shape index (κ2) is 14.4. The molecule has 3 saturated heterocycles. The van der Waals surface area contributed by atoms with Gasteiger partial charge in [-0.1, -0.05) is 32.4 Å². The number of fused-ring (bicyclic) bond motifs is 2. The van der Waals surface area contributed by atoms with E-state index < -0.39 is 23.0 Å². The van der Waals surface area contributed by atoms with Crippen molar-refractivity contribution in [2.24, 2.45) is 5.92 Å². The molecule has 4 aliphatic heterocycles. The largest absolute Gasteiger partial charge is 0.467 e. The van der Waals surface area contributed by atoms with Gasteiger partial charge in [0.15, 0.2) is 0 Å². The van der Waals surface area contributed by atoms with Gasteiger partial charge in [0.2, 0.25) is 0 Å². The lowest BCUT2D eigenvalue weighted by molar-refractivity contribution is -0.140. The fourth-order valence-electron chi connectivity index (χ4n) is 6.29. The van der Waals surface area contributed by atoms with Crippen LogP contribution < -0.4 is 15.4 Å². The Morgan fingerprint density at radius 1 is 1.12 bits per heavy atom. The summed E-state index contributed by atoms with van der Waals surface area (Å²) in [6.45, 7) is 10.0. The zero-order valence-electron chi connectivity index (χ0n) is 25.2. The molecule has 4 aliphatic rings. The molecule has 2 aromatic rings. The Morgan fingerprint density at radius 3 is 2.51 bits per heavy atom. The number of alkyl halides is 3. The van der Waals surface area contributed by atoms with Gasteiger partial charge in [0.05, 0.1) is 37.4 Å². The van der Waals surface area contributed by atoms with E-state index in [4.69, 9.17) is 26.8 Å². The van der Waals surface area contributed by atoms with Crippen molar-refractivity contribution in [1.29, 1.82) is 0 Å². The van der Waals surface area contributed by atoms with Crippen LogP contribution in [0.25, 0.3) is 0 Å². The number of nitrogen functional groups attached to an aromatic ring is 1. The quantitative estimate of drug-likeness (QED) is 0.289. The number of pyridine rings is 1. The molecule has 8 nitrogen and oxygen atoms in total. The van der Waals surface area contributed by atoms with Crippen molar-refractivity contribution >= 4 is 23.2 Å². The third kappa shape index (κ3) is 7.69. The summed E-state index contributed by atoms with van der Waals surface area (Å²) in [6.07, 6.45) is 1.01. The monoisotopic (exact) mass is 628 g/mol. The van der Waals surface area contributed by atoms with Crippen molar-refractivity contribution < 1.29 is 27.0 Å². The van der Waals surface area contributed by atoms with Crippen molar-refractivity contribution in [2.45, 2.75) is 84.2 Å². The Hall–Kier alpha value is -2.70. The number of nitrogens with zero attached hydrogens (tertiary/aromatic N) is 5. The van der Waals surface area contributed by atoms with Crippen LogP contribution in [0.15, 0.2) is 18.0 Å². The summed E-state index contributed by atoms with van der Waals surface area (Å²) in [6, 6.07) is 2.02. The predicted octanol–water partition coefficient (Wildman–Crippen LogP) is 6.92. The minimum Gasteiger partial charge on any atom is -0.467 e. The van der Waals surface area contributed by atoms with Gasteiger partial charge in [-0.2, -0.15) is 23.1 Å². The van der Waals surface area contributed by atoms with Crippen LogP contribution in [0, 0.1) is 5.92 Å². The SMILES string of the molecule is CC.COc1nc2c(c(N3CCCC(C)C3)n1)COC(c1cc(N)nc(Cl)c1C(F)(F)F)C2.F/C=C1/CC2CCCN2C1. The number of hydrogen-bond donors (Lipinski definition) is 1. The number of ether oxygens (including phenoxy) is 2. The zero-order chi connectivity index (χ0) is 31.3. The number of piperidine rings is 1. The average molecular weight is 629 g/mol. The van der Waals surface area contributed by atoms with E-state index in [0.29, 0.717) is 17.7 Å². The Kier molecular flexibility index (Phi) is 11.1. The summed E-state index contributed by atoms with van der Waals surface area (Å²) in [5, 5.41) is -0.694. The molecule has 3 unspecified atom stereocenters. The Bertz CT molecular complexity index is 1280. The van der Waals surface area contributed by atoms with Crippen LogP contribution in [0.2, 0.25) is 5.15 Å². The first-order chi connectivity index (χ1) is 20.6. The highest BCUT2D eigenvalue weighted by atomic mass is 35.5. The minimum atomic E-state index is -4.70. The van der Waals surface area contributed by atoms with E-state index in [-0.39, 0.29) is 30.4 Å². The number of aromatic nitrogens is 3. The summed E-state index contributed by atoms with van der Waals surface area (Å²) in [4.78, 5) is 17.1. The van der Waals surface area contributed by atoms with Gasteiger partial charge in [0, 0.05) is 43.2 Å². The summed E-state index contributed by atoms with van der Waals surface area (Å²) in [5.74, 6) is 1.12. The Morgan fingerprint density at radius 2 is 1.86 bits per heavy atom. The molecular weight excluding hydrogens is 588 g/mol. The van der Waals surface area contributed by atoms with Crippen molar-refractivity contribution in [3.05, 3.63) is 45.5 Å². The lowest BCUT2D eigenvalue weighted by Gasteiger charge is -2.35. The molecule has 3 atom stereocenters. The Balaban J connectivity index is 0.000000294. The molecule has 0 bridgehead atoms. The molecule has 2 aromatic heterocycles. The molecule has 13 heteroatoms. The first-order valence-electron chi connectivity index (χ1n) is 14.9. The second-order valence-electron chi connectivity index (χ2n) is 11.2. The number of rotatable bonds is 3. The average Bonchev–Trinajstić information content (AvgIpc) is 3.59. The van der Waals surface area contributed by atoms with Gasteiger partial charge in [-0.15, -0.1) is 0 Å². The van der Waals surface area contributed by atoms with Crippen LogP contribution in [0.5, 0.6) is 6.01 Å². The number of hydrogen-bond acceptors (Lipinski definition) is 8. The lowest BCUT2D eigenvalue weighted by Crippen LogP contribution is -2.36. The van der Waals surface area contributed by atoms with E-state index in [0.717, 1.165) is 68.2 Å². The molecule has 0 aromatic carbocycles. The van der Waals surface area contributed by atoms with Gasteiger partial charge in [-0.3, -0.25) is 4.90 Å². The van der Waals surface area contributed by atoms with E-state index in [1.165, 1.54) is 26.5 Å². The van der Waals surface area contributed by atoms with Gasteiger partial charge in [0.1, 0.15) is 16.8 Å². The van der Waals surface area contributed by atoms with Gasteiger partial charge in [-0.25, -0.2) is 9.37 Å². The molecule has 2 N–H and O–H groups in total. The first kappa shape index (κ1) is 33.2. The fourth-order valence-corrected chi connectivity index (χ4v) is 6.61. The second-order valence-corrected chi connectivity index (χ2v) is 11.6. The highest BCUT2D eigenvalue weighted by Crippen LogP contribution is 2.43. The first-order valence-corrected chi connectivity index (χ1v) is 15.3. The van der Waals surface area contributed by atoms with E-state index in [9.17, 15) is 17.6 Å². The predicted molar refractivity (Wildman–Crippen MR) is 159 cm³/mol. The van der Waals surface area contributed by atoms with Crippen LogP contribution in [-0.4, -0.2) is 59.2 Å². The topological polar surface area (TPSA) is 89.6 Å². The van der Waals surface area contributed by atoms with Crippen LogP contribution >= 0.6 is 11.6 Å². The van der Waals surface area contributed by atoms with Crippen molar-refractivity contribution in [2.75, 3.05) is 43.9 Å². The van der Waals surface area contributed by atoms with Gasteiger partial charge >= 0.3 is 12.2 Å². The molecule has 0 amide bonds. The van der Waals surface area contributed by atoms with Crippen LogP contribution in [0.1, 0.15) is 81.4 Å².